The van der Waals surface area contributed by atoms with Crippen LogP contribution in [0.15, 0.2) is 36.4 Å². The summed E-state index contributed by atoms with van der Waals surface area (Å²) in [5, 5.41) is 3.79. The first-order valence-corrected chi connectivity index (χ1v) is 10.2. The first-order valence-electron chi connectivity index (χ1n) is 8.41. The van der Waals surface area contributed by atoms with Crippen LogP contribution in [0.25, 0.3) is 0 Å². The zero-order chi connectivity index (χ0) is 19.6. The van der Waals surface area contributed by atoms with Crippen molar-refractivity contribution in [1.82, 2.24) is 4.90 Å². The number of anilines is 2. The number of piperazine rings is 1. The van der Waals surface area contributed by atoms with E-state index in [0.717, 1.165) is 22.3 Å². The Kier molecular flexibility index (Phi) is 6.49. The van der Waals surface area contributed by atoms with Crippen LogP contribution < -0.4 is 10.2 Å². The Balaban J connectivity index is 1.71. The molecular weight excluding hydrogens is 500 g/mol. The van der Waals surface area contributed by atoms with E-state index in [2.05, 4.69) is 32.8 Å². The van der Waals surface area contributed by atoms with Crippen LogP contribution in [0.3, 0.4) is 0 Å². The van der Waals surface area contributed by atoms with Crippen molar-refractivity contribution in [3.05, 3.63) is 55.6 Å². The highest BCUT2D eigenvalue weighted by atomic mass is 127. The van der Waals surface area contributed by atoms with Gasteiger partial charge >= 0.3 is 0 Å². The molecule has 2 aromatic carbocycles. The largest absolute Gasteiger partial charge is 0.367 e. The van der Waals surface area contributed by atoms with Crippen molar-refractivity contribution < 1.29 is 9.59 Å². The van der Waals surface area contributed by atoms with E-state index in [9.17, 15) is 9.59 Å². The number of rotatable bonds is 3. The summed E-state index contributed by atoms with van der Waals surface area (Å²) in [4.78, 5) is 27.9. The molecular formula is C19H18Cl2IN3O2. The monoisotopic (exact) mass is 517 g/mol. The Morgan fingerprint density at radius 1 is 1.00 bits per heavy atom. The molecule has 8 heteroatoms. The average Bonchev–Trinajstić information content (AvgIpc) is 2.64. The first-order chi connectivity index (χ1) is 12.8. The van der Waals surface area contributed by atoms with Crippen LogP contribution in [0, 0.1) is 3.57 Å². The van der Waals surface area contributed by atoms with Crippen LogP contribution in [0.1, 0.15) is 17.3 Å². The molecule has 0 spiro atoms. The van der Waals surface area contributed by atoms with Crippen molar-refractivity contribution in [2.75, 3.05) is 36.4 Å². The second-order valence-corrected chi connectivity index (χ2v) is 8.30. The lowest BCUT2D eigenvalue weighted by molar-refractivity contribution is -0.129. The molecule has 0 bridgehead atoms. The molecule has 2 aromatic rings. The third kappa shape index (κ3) is 4.86. The van der Waals surface area contributed by atoms with Crippen molar-refractivity contribution in [2.24, 2.45) is 0 Å². The first kappa shape index (κ1) is 20.2. The van der Waals surface area contributed by atoms with Gasteiger partial charge in [-0.25, -0.2) is 0 Å². The van der Waals surface area contributed by atoms with Gasteiger partial charge < -0.3 is 15.1 Å². The Hall–Kier alpha value is -1.51. The molecule has 0 saturated carbocycles. The number of carbonyl (C=O) groups excluding carboxylic acids is 2. The summed E-state index contributed by atoms with van der Waals surface area (Å²) < 4.78 is 0.931. The Morgan fingerprint density at radius 3 is 2.33 bits per heavy atom. The summed E-state index contributed by atoms with van der Waals surface area (Å²) in [5.74, 6) is -0.189. The van der Waals surface area contributed by atoms with Crippen molar-refractivity contribution in [2.45, 2.75) is 6.92 Å². The van der Waals surface area contributed by atoms with Gasteiger partial charge in [-0.2, -0.15) is 0 Å². The molecule has 1 fully saturated rings. The molecule has 1 heterocycles. The van der Waals surface area contributed by atoms with Crippen LogP contribution in [0.2, 0.25) is 10.0 Å². The molecule has 0 aromatic heterocycles. The highest BCUT2D eigenvalue weighted by Gasteiger charge is 2.20. The number of halogens is 3. The molecule has 1 N–H and O–H groups in total. The third-order valence-electron chi connectivity index (χ3n) is 4.44. The smallest absolute Gasteiger partial charge is 0.257 e. The van der Waals surface area contributed by atoms with Gasteiger partial charge in [0.15, 0.2) is 0 Å². The quantitative estimate of drug-likeness (QED) is 0.609. The van der Waals surface area contributed by atoms with E-state index in [-0.39, 0.29) is 11.8 Å². The van der Waals surface area contributed by atoms with Crippen LogP contribution in [-0.4, -0.2) is 42.9 Å². The highest BCUT2D eigenvalue weighted by molar-refractivity contribution is 14.1. The number of benzene rings is 2. The SMILES string of the molecule is CC(=O)N1CCN(c2ccc(NC(=O)c3cc(I)ccc3Cl)cc2Cl)CC1. The van der Waals surface area contributed by atoms with Crippen LogP contribution in [-0.2, 0) is 4.79 Å². The van der Waals surface area contributed by atoms with Gasteiger partial charge in [-0.1, -0.05) is 23.2 Å². The molecule has 27 heavy (non-hydrogen) atoms. The fourth-order valence-electron chi connectivity index (χ4n) is 2.97. The summed E-state index contributed by atoms with van der Waals surface area (Å²) in [5.41, 5.74) is 1.92. The molecule has 0 unspecified atom stereocenters. The minimum atomic E-state index is -0.280. The van der Waals surface area contributed by atoms with Gasteiger partial charge in [0.05, 0.1) is 21.3 Å². The van der Waals surface area contributed by atoms with Crippen molar-refractivity contribution in [1.29, 1.82) is 0 Å². The number of nitrogens with zero attached hydrogens (tertiary/aromatic N) is 2. The van der Waals surface area contributed by atoms with Crippen LogP contribution in [0.5, 0.6) is 0 Å². The van der Waals surface area contributed by atoms with E-state index in [1.165, 1.54) is 0 Å². The van der Waals surface area contributed by atoms with Gasteiger partial charge in [0, 0.05) is 42.4 Å². The molecule has 0 aliphatic carbocycles. The summed E-state index contributed by atoms with van der Waals surface area (Å²) in [6, 6.07) is 10.7. The van der Waals surface area contributed by atoms with Crippen molar-refractivity contribution >= 4 is 69.0 Å². The van der Waals surface area contributed by atoms with Gasteiger partial charge in [0.1, 0.15) is 0 Å². The lowest BCUT2D eigenvalue weighted by atomic mass is 10.2. The normalized spacial score (nSPS) is 14.2. The number of carbonyl (C=O) groups is 2. The summed E-state index contributed by atoms with van der Waals surface area (Å²) >= 11 is 14.7. The molecule has 3 rings (SSSR count). The fraction of sp³-hybridized carbons (Fsp3) is 0.263. The van der Waals surface area contributed by atoms with E-state index in [0.29, 0.717) is 34.4 Å². The van der Waals surface area contributed by atoms with E-state index >= 15 is 0 Å². The molecule has 1 saturated heterocycles. The minimum absolute atomic E-state index is 0.0908. The maximum Gasteiger partial charge on any atom is 0.257 e. The number of amides is 2. The van der Waals surface area contributed by atoms with Crippen LogP contribution in [0.4, 0.5) is 11.4 Å². The Morgan fingerprint density at radius 2 is 1.70 bits per heavy atom. The van der Waals surface area contributed by atoms with Gasteiger partial charge in [0.2, 0.25) is 5.91 Å². The number of hydrogen-bond donors (Lipinski definition) is 1. The molecule has 0 atom stereocenters. The molecule has 142 valence electrons. The topological polar surface area (TPSA) is 52.7 Å². The van der Waals surface area contributed by atoms with Gasteiger partial charge in [-0.15, -0.1) is 0 Å². The number of nitrogens with one attached hydrogen (secondary N) is 1. The molecule has 5 nitrogen and oxygen atoms in total. The summed E-state index contributed by atoms with van der Waals surface area (Å²) in [6.45, 7) is 4.39. The van der Waals surface area contributed by atoms with Crippen LogP contribution >= 0.6 is 45.8 Å². The highest BCUT2D eigenvalue weighted by Crippen LogP contribution is 2.30. The lowest BCUT2D eigenvalue weighted by Crippen LogP contribution is -2.48. The maximum atomic E-state index is 12.5. The number of hydrogen-bond acceptors (Lipinski definition) is 3. The second kappa shape index (κ2) is 8.67. The Bertz CT molecular complexity index is 883. The van der Waals surface area contributed by atoms with Gasteiger partial charge in [-0.05, 0) is 59.0 Å². The lowest BCUT2D eigenvalue weighted by Gasteiger charge is -2.36. The van der Waals surface area contributed by atoms with E-state index in [1.807, 2.05) is 23.1 Å². The molecule has 0 radical (unpaired) electrons. The molecule has 2 amide bonds. The van der Waals surface area contributed by atoms with Gasteiger partial charge in [-0.3, -0.25) is 9.59 Å². The molecule has 1 aliphatic heterocycles. The molecule has 1 aliphatic rings. The van der Waals surface area contributed by atoms with Crippen molar-refractivity contribution in [3.63, 3.8) is 0 Å². The van der Waals surface area contributed by atoms with E-state index < -0.39 is 0 Å². The van der Waals surface area contributed by atoms with Crippen molar-refractivity contribution in [3.8, 4) is 0 Å². The zero-order valence-corrected chi connectivity index (χ0v) is 18.3. The van der Waals surface area contributed by atoms with E-state index in [1.54, 1.807) is 25.1 Å². The predicted molar refractivity (Wildman–Crippen MR) is 118 cm³/mol. The summed E-state index contributed by atoms with van der Waals surface area (Å²) in [7, 11) is 0. The summed E-state index contributed by atoms with van der Waals surface area (Å²) in [6.07, 6.45) is 0. The van der Waals surface area contributed by atoms with Gasteiger partial charge in [0.25, 0.3) is 5.91 Å². The Labute approximate surface area is 181 Å². The fourth-order valence-corrected chi connectivity index (χ4v) is 3.97. The average molecular weight is 518 g/mol. The predicted octanol–water partition coefficient (Wildman–Crippen LogP) is 4.52. The second-order valence-electron chi connectivity index (χ2n) is 6.24. The third-order valence-corrected chi connectivity index (χ3v) is 5.75. The minimum Gasteiger partial charge on any atom is -0.367 e. The standard InChI is InChI=1S/C19H18Cl2IN3O2/c1-12(26)24-6-8-25(9-7-24)18-5-3-14(11-17(18)21)23-19(27)15-10-13(22)2-4-16(15)20/h2-5,10-11H,6-9H2,1H3,(H,23,27). The maximum absolute atomic E-state index is 12.5. The zero-order valence-electron chi connectivity index (χ0n) is 14.6. The van der Waals surface area contributed by atoms with E-state index in [4.69, 9.17) is 23.2 Å².